The molecule has 4 rings (SSSR count). The second-order valence-corrected chi connectivity index (χ2v) is 9.94. The van der Waals surface area contributed by atoms with Gasteiger partial charge in [0.25, 0.3) is 0 Å². The summed E-state index contributed by atoms with van der Waals surface area (Å²) in [4.78, 5) is 0. The summed E-state index contributed by atoms with van der Waals surface area (Å²) in [6.07, 6.45) is 10.2. The Balaban J connectivity index is 1.44. The van der Waals surface area contributed by atoms with Crippen LogP contribution >= 0.6 is 0 Å². The minimum absolute atomic E-state index is 0.321. The van der Waals surface area contributed by atoms with Gasteiger partial charge in [-0.1, -0.05) is 76.1 Å². The molecule has 0 aliphatic carbocycles. The molecule has 0 amide bonds. The highest BCUT2D eigenvalue weighted by Crippen LogP contribution is 2.34. The summed E-state index contributed by atoms with van der Waals surface area (Å²) in [5.41, 5.74) is 15.6. The third-order valence-corrected chi connectivity index (χ3v) is 6.89. The van der Waals surface area contributed by atoms with Crippen LogP contribution in [0, 0.1) is 0 Å². The summed E-state index contributed by atoms with van der Waals surface area (Å²) in [6, 6.07) is 32.0. The van der Waals surface area contributed by atoms with Crippen LogP contribution in [-0.4, -0.2) is 0 Å². The number of nitrogen functional groups attached to an aromatic ring is 2. The van der Waals surface area contributed by atoms with E-state index in [1.54, 1.807) is 0 Å². The van der Waals surface area contributed by atoms with Gasteiger partial charge in [-0.25, -0.2) is 0 Å². The Bertz CT molecular complexity index is 1130. The SMILES string of the molecule is CCCCCCCCCC(c1ccc(Oc2ccc(N)cc2)cc1)c1ccc(Oc2ccc(N)cc2)cc1. The topological polar surface area (TPSA) is 70.5 Å². The van der Waals surface area contributed by atoms with Crippen LogP contribution in [0.2, 0.25) is 0 Å². The molecule has 0 saturated carbocycles. The normalized spacial score (nSPS) is 11.0. The first-order valence-electron chi connectivity index (χ1n) is 13.9. The van der Waals surface area contributed by atoms with Crippen molar-refractivity contribution in [1.82, 2.24) is 0 Å². The van der Waals surface area contributed by atoms with E-state index in [1.807, 2.05) is 48.5 Å². The standard InChI is InChI=1S/C34H40N2O2/c1-2-3-4-5-6-7-8-9-34(26-10-18-30(19-11-26)37-32-22-14-28(35)15-23-32)27-12-20-31(21-13-27)38-33-24-16-29(36)17-25-33/h10-25,34H,2-9,35-36H2,1H3. The third-order valence-electron chi connectivity index (χ3n) is 6.89. The molecular formula is C34H40N2O2. The molecule has 0 aliphatic heterocycles. The summed E-state index contributed by atoms with van der Waals surface area (Å²) in [6.45, 7) is 2.27. The molecule has 0 fully saturated rings. The van der Waals surface area contributed by atoms with E-state index in [0.29, 0.717) is 5.92 Å². The highest BCUT2D eigenvalue weighted by atomic mass is 16.5. The lowest BCUT2D eigenvalue weighted by Gasteiger charge is -2.19. The zero-order valence-corrected chi connectivity index (χ0v) is 22.4. The molecule has 4 aromatic rings. The number of rotatable bonds is 14. The fourth-order valence-electron chi connectivity index (χ4n) is 4.71. The van der Waals surface area contributed by atoms with Crippen LogP contribution in [0.4, 0.5) is 11.4 Å². The fourth-order valence-corrected chi connectivity index (χ4v) is 4.71. The van der Waals surface area contributed by atoms with Gasteiger partial charge in [0.1, 0.15) is 23.0 Å². The molecule has 0 aromatic heterocycles. The number of hydrogen-bond acceptors (Lipinski definition) is 4. The monoisotopic (exact) mass is 508 g/mol. The molecule has 0 aliphatic rings. The maximum Gasteiger partial charge on any atom is 0.127 e. The molecule has 4 heteroatoms. The van der Waals surface area contributed by atoms with Crippen LogP contribution < -0.4 is 20.9 Å². The smallest absolute Gasteiger partial charge is 0.127 e. The Morgan fingerprint density at radius 3 is 1.21 bits per heavy atom. The molecule has 4 aromatic carbocycles. The van der Waals surface area contributed by atoms with Crippen molar-refractivity contribution in [2.45, 2.75) is 64.2 Å². The summed E-state index contributed by atoms with van der Waals surface area (Å²) in [5.74, 6) is 3.52. The number of unbranched alkanes of at least 4 members (excludes halogenated alkanes) is 6. The molecule has 0 bridgehead atoms. The lowest BCUT2D eigenvalue weighted by Crippen LogP contribution is -2.02. The maximum atomic E-state index is 6.02. The predicted molar refractivity (Wildman–Crippen MR) is 159 cm³/mol. The summed E-state index contributed by atoms with van der Waals surface area (Å²) in [5, 5.41) is 0. The number of nitrogens with two attached hydrogens (primary N) is 2. The van der Waals surface area contributed by atoms with Crippen LogP contribution in [0.15, 0.2) is 97.1 Å². The lowest BCUT2D eigenvalue weighted by molar-refractivity contribution is 0.482. The van der Waals surface area contributed by atoms with E-state index >= 15 is 0 Å². The number of hydrogen-bond donors (Lipinski definition) is 2. The van der Waals surface area contributed by atoms with Crippen LogP contribution in [0.5, 0.6) is 23.0 Å². The average molecular weight is 509 g/mol. The maximum absolute atomic E-state index is 6.02. The minimum atomic E-state index is 0.321. The quantitative estimate of drug-likeness (QED) is 0.131. The average Bonchev–Trinajstić information content (AvgIpc) is 2.94. The molecule has 0 saturated heterocycles. The zero-order valence-electron chi connectivity index (χ0n) is 22.4. The second kappa shape index (κ2) is 14.1. The van der Waals surface area contributed by atoms with E-state index in [0.717, 1.165) is 40.8 Å². The lowest BCUT2D eigenvalue weighted by atomic mass is 9.86. The van der Waals surface area contributed by atoms with E-state index < -0.39 is 0 Å². The minimum Gasteiger partial charge on any atom is -0.457 e. The van der Waals surface area contributed by atoms with Crippen LogP contribution in [-0.2, 0) is 0 Å². The molecule has 4 N–H and O–H groups in total. The first kappa shape index (κ1) is 27.1. The molecule has 4 nitrogen and oxygen atoms in total. The Labute approximate surface area is 227 Å². The molecule has 0 atom stereocenters. The van der Waals surface area contributed by atoms with Gasteiger partial charge in [-0.2, -0.15) is 0 Å². The Morgan fingerprint density at radius 2 is 0.816 bits per heavy atom. The van der Waals surface area contributed by atoms with Crippen LogP contribution in [0.25, 0.3) is 0 Å². The second-order valence-electron chi connectivity index (χ2n) is 9.94. The zero-order chi connectivity index (χ0) is 26.6. The van der Waals surface area contributed by atoms with Gasteiger partial charge in [0.2, 0.25) is 0 Å². The molecule has 0 spiro atoms. The summed E-state index contributed by atoms with van der Waals surface area (Å²) < 4.78 is 12.0. The first-order chi connectivity index (χ1) is 18.6. The van der Waals surface area contributed by atoms with Crippen molar-refractivity contribution in [3.63, 3.8) is 0 Å². The van der Waals surface area contributed by atoms with E-state index in [4.69, 9.17) is 20.9 Å². The molecule has 38 heavy (non-hydrogen) atoms. The highest BCUT2D eigenvalue weighted by molar-refractivity contribution is 5.45. The van der Waals surface area contributed by atoms with Gasteiger partial charge in [-0.15, -0.1) is 0 Å². The van der Waals surface area contributed by atoms with Crippen molar-refractivity contribution in [3.05, 3.63) is 108 Å². The van der Waals surface area contributed by atoms with E-state index in [1.165, 1.54) is 56.1 Å². The van der Waals surface area contributed by atoms with Gasteiger partial charge in [0.15, 0.2) is 0 Å². The summed E-state index contributed by atoms with van der Waals surface area (Å²) in [7, 11) is 0. The van der Waals surface area contributed by atoms with Crippen molar-refractivity contribution in [3.8, 4) is 23.0 Å². The Kier molecular flexibility index (Phi) is 10.1. The number of ether oxygens (including phenoxy) is 2. The van der Waals surface area contributed by atoms with Crippen molar-refractivity contribution < 1.29 is 9.47 Å². The van der Waals surface area contributed by atoms with Gasteiger partial charge in [-0.3, -0.25) is 0 Å². The fraction of sp³-hybridized carbons (Fsp3) is 0.294. The van der Waals surface area contributed by atoms with Crippen molar-refractivity contribution in [2.75, 3.05) is 11.5 Å². The highest BCUT2D eigenvalue weighted by Gasteiger charge is 2.15. The van der Waals surface area contributed by atoms with Gasteiger partial charge < -0.3 is 20.9 Å². The van der Waals surface area contributed by atoms with Gasteiger partial charge in [0, 0.05) is 17.3 Å². The van der Waals surface area contributed by atoms with E-state index in [9.17, 15) is 0 Å². The predicted octanol–water partition coefficient (Wildman–Crippen LogP) is 9.71. The first-order valence-corrected chi connectivity index (χ1v) is 13.9. The van der Waals surface area contributed by atoms with Gasteiger partial charge in [0.05, 0.1) is 0 Å². The van der Waals surface area contributed by atoms with E-state index in [2.05, 4.69) is 55.5 Å². The molecule has 0 radical (unpaired) electrons. The van der Waals surface area contributed by atoms with Crippen molar-refractivity contribution >= 4 is 11.4 Å². The van der Waals surface area contributed by atoms with Crippen molar-refractivity contribution in [2.24, 2.45) is 0 Å². The van der Waals surface area contributed by atoms with E-state index in [-0.39, 0.29) is 0 Å². The Hall–Kier alpha value is -3.92. The van der Waals surface area contributed by atoms with Crippen LogP contribution in [0.1, 0.15) is 75.3 Å². The molecular weight excluding hydrogens is 468 g/mol. The largest absolute Gasteiger partial charge is 0.457 e. The van der Waals surface area contributed by atoms with Gasteiger partial charge >= 0.3 is 0 Å². The number of benzene rings is 4. The molecule has 0 heterocycles. The van der Waals surface area contributed by atoms with Crippen LogP contribution in [0.3, 0.4) is 0 Å². The third kappa shape index (κ3) is 8.31. The Morgan fingerprint density at radius 1 is 0.474 bits per heavy atom. The summed E-state index contributed by atoms with van der Waals surface area (Å²) >= 11 is 0. The van der Waals surface area contributed by atoms with Gasteiger partial charge in [-0.05, 0) is 90.3 Å². The molecule has 198 valence electrons. The molecule has 0 unspecified atom stereocenters. The number of anilines is 2. The van der Waals surface area contributed by atoms with Crippen molar-refractivity contribution in [1.29, 1.82) is 0 Å².